The lowest BCUT2D eigenvalue weighted by Crippen LogP contribution is -2.33. The zero-order valence-corrected chi connectivity index (χ0v) is 29.5. The number of esters is 2. The largest absolute Gasteiger partial charge is 0.389 e. The maximum absolute atomic E-state index is 12.5. The van der Waals surface area contributed by atoms with E-state index in [0.717, 1.165) is 50.4 Å². The summed E-state index contributed by atoms with van der Waals surface area (Å²) in [6.07, 6.45) is 25.5. The Labute approximate surface area is 277 Å². The molecule has 0 rings (SSSR count). The summed E-state index contributed by atoms with van der Waals surface area (Å²) in [7, 11) is 2.89. The number of ether oxygens (including phenoxy) is 3. The van der Waals surface area contributed by atoms with Crippen molar-refractivity contribution in [3.8, 4) is 23.7 Å². The minimum atomic E-state index is -0.825. The zero-order chi connectivity index (χ0) is 33.4. The van der Waals surface area contributed by atoms with Crippen molar-refractivity contribution in [1.29, 1.82) is 0 Å². The van der Waals surface area contributed by atoms with Crippen molar-refractivity contribution in [2.45, 2.75) is 167 Å². The minimum Gasteiger partial charge on any atom is -0.389 e. The lowest BCUT2D eigenvalue weighted by molar-refractivity contribution is -0.173. The Bertz CT molecular complexity index is 814. The Hall–Kier alpha value is -2.34. The summed E-state index contributed by atoms with van der Waals surface area (Å²) in [5.74, 6) is 12.9. The first kappa shape index (κ1) is 42.7. The predicted molar refractivity (Wildman–Crippen MR) is 189 cm³/mol. The summed E-state index contributed by atoms with van der Waals surface area (Å²) < 4.78 is 15.6. The molecule has 0 amide bonds. The average molecular weight is 627 g/mol. The molecule has 0 fully saturated rings. The van der Waals surface area contributed by atoms with Crippen LogP contribution in [0.15, 0.2) is 25.3 Å². The van der Waals surface area contributed by atoms with Crippen LogP contribution in [0.4, 0.5) is 0 Å². The molecule has 0 spiro atoms. The Morgan fingerprint density at radius 2 is 0.889 bits per heavy atom. The quantitative estimate of drug-likeness (QED) is 0.0284. The van der Waals surface area contributed by atoms with E-state index in [-0.39, 0.29) is 0 Å². The van der Waals surface area contributed by atoms with Gasteiger partial charge in [0.15, 0.2) is 12.2 Å². The van der Waals surface area contributed by atoms with Gasteiger partial charge in [0.2, 0.25) is 0 Å². The van der Waals surface area contributed by atoms with Crippen LogP contribution in [-0.4, -0.2) is 38.4 Å². The van der Waals surface area contributed by atoms with Gasteiger partial charge in [-0.2, -0.15) is 0 Å². The van der Waals surface area contributed by atoms with Crippen molar-refractivity contribution >= 4 is 11.9 Å². The van der Waals surface area contributed by atoms with Crippen LogP contribution < -0.4 is 0 Å². The molecule has 5 nitrogen and oxygen atoms in total. The van der Waals surface area contributed by atoms with E-state index in [1.54, 1.807) is 0 Å². The molecule has 0 aromatic carbocycles. The Balaban J connectivity index is 4.09. The molecule has 0 aliphatic carbocycles. The van der Waals surface area contributed by atoms with Gasteiger partial charge in [-0.15, -0.1) is 36.8 Å². The third kappa shape index (κ3) is 26.6. The topological polar surface area (TPSA) is 61.8 Å². The van der Waals surface area contributed by atoms with Crippen molar-refractivity contribution in [1.82, 2.24) is 0 Å². The highest BCUT2D eigenvalue weighted by molar-refractivity contribution is 5.90. The number of hydrogen-bond acceptors (Lipinski definition) is 5. The second-order valence-corrected chi connectivity index (χ2v) is 12.5. The second-order valence-electron chi connectivity index (χ2n) is 12.5. The van der Waals surface area contributed by atoms with E-state index in [9.17, 15) is 9.59 Å². The first-order chi connectivity index (χ1) is 21.9. The summed E-state index contributed by atoms with van der Waals surface area (Å²) in [6, 6.07) is 0. The van der Waals surface area contributed by atoms with Gasteiger partial charge in [-0.1, -0.05) is 90.2 Å². The number of methoxy groups -OCH3 is 2. The smallest absolute Gasteiger partial charge is 0.342 e. The molecule has 0 saturated heterocycles. The maximum atomic E-state index is 12.5. The fraction of sp³-hybridized carbons (Fsp3) is 0.750. The van der Waals surface area contributed by atoms with Gasteiger partial charge >= 0.3 is 11.9 Å². The summed E-state index contributed by atoms with van der Waals surface area (Å²) in [5, 5.41) is 0. The molecule has 0 saturated carbocycles. The van der Waals surface area contributed by atoms with Crippen LogP contribution in [0.25, 0.3) is 0 Å². The minimum absolute atomic E-state index is 0.386. The molecule has 4 atom stereocenters. The molecular formula is C40H66O5. The van der Waals surface area contributed by atoms with Crippen molar-refractivity contribution in [2.75, 3.05) is 14.2 Å². The lowest BCUT2D eigenvalue weighted by Gasteiger charge is -2.15. The monoisotopic (exact) mass is 626 g/mol. The van der Waals surface area contributed by atoms with E-state index in [1.165, 1.54) is 91.3 Å². The molecule has 0 radical (unpaired) electrons. The number of unbranched alkanes of at least 4 members (excludes halogenated alkanes) is 10. The van der Waals surface area contributed by atoms with Gasteiger partial charge in [0.25, 0.3) is 0 Å². The highest BCUT2D eigenvalue weighted by atomic mass is 16.6. The van der Waals surface area contributed by atoms with Crippen LogP contribution in [0, 0.1) is 35.5 Å². The molecule has 0 aliphatic rings. The SMILES string of the molecule is C=CCCCCC(C)CCCCCC#CCC[C@H](OC)C(=O)OC(=O)[C@H](CCC#CCCCCCC(C)CCCCC=C)OC. The highest BCUT2D eigenvalue weighted by Crippen LogP contribution is 2.18. The molecule has 0 N–H and O–H groups in total. The standard InChI is InChI=1S/C40H66O5/c1-7-9-11-23-29-35(3)31-25-19-15-13-17-21-27-33-37(43-5)39(41)45-40(42)38(44-6)34-28-22-18-14-16-20-26-32-36(4)30-24-12-10-8-2/h7-8,35-38H,1-2,9-16,19-20,23-34H2,3-6H3/t35?,36?,37-,38-/m0/s1. The first-order valence-corrected chi connectivity index (χ1v) is 17.8. The van der Waals surface area contributed by atoms with Gasteiger partial charge in [0, 0.05) is 39.9 Å². The van der Waals surface area contributed by atoms with E-state index in [4.69, 9.17) is 14.2 Å². The van der Waals surface area contributed by atoms with Gasteiger partial charge < -0.3 is 14.2 Å². The Morgan fingerprint density at radius 1 is 0.533 bits per heavy atom. The van der Waals surface area contributed by atoms with Crippen LogP contribution in [0.3, 0.4) is 0 Å². The van der Waals surface area contributed by atoms with Crippen LogP contribution in [0.5, 0.6) is 0 Å². The highest BCUT2D eigenvalue weighted by Gasteiger charge is 2.26. The Morgan fingerprint density at radius 3 is 1.24 bits per heavy atom. The lowest BCUT2D eigenvalue weighted by atomic mass is 9.96. The van der Waals surface area contributed by atoms with E-state index < -0.39 is 24.1 Å². The molecule has 45 heavy (non-hydrogen) atoms. The van der Waals surface area contributed by atoms with Crippen molar-refractivity contribution < 1.29 is 23.8 Å². The molecule has 0 aliphatic heterocycles. The van der Waals surface area contributed by atoms with Crippen molar-refractivity contribution in [3.63, 3.8) is 0 Å². The summed E-state index contributed by atoms with van der Waals surface area (Å²) in [4.78, 5) is 25.0. The first-order valence-electron chi connectivity index (χ1n) is 17.8. The molecule has 256 valence electrons. The number of hydrogen-bond donors (Lipinski definition) is 0. The molecular weight excluding hydrogens is 560 g/mol. The molecule has 0 bridgehead atoms. The second kappa shape index (κ2) is 31.6. The molecule has 0 aromatic heterocycles. The van der Waals surface area contributed by atoms with E-state index in [2.05, 4.69) is 50.7 Å². The number of rotatable bonds is 28. The van der Waals surface area contributed by atoms with Gasteiger partial charge in [0.05, 0.1) is 0 Å². The van der Waals surface area contributed by atoms with E-state index in [0.29, 0.717) is 25.7 Å². The molecule has 5 heteroatoms. The number of carbonyl (C=O) groups is 2. The number of carbonyl (C=O) groups excluding carboxylic acids is 2. The third-order valence-corrected chi connectivity index (χ3v) is 8.32. The normalized spacial score (nSPS) is 13.3. The van der Waals surface area contributed by atoms with Crippen LogP contribution in [-0.2, 0) is 23.8 Å². The van der Waals surface area contributed by atoms with Crippen LogP contribution in [0.1, 0.15) is 155 Å². The summed E-state index contributed by atoms with van der Waals surface area (Å²) >= 11 is 0. The zero-order valence-electron chi connectivity index (χ0n) is 29.5. The fourth-order valence-electron chi connectivity index (χ4n) is 5.27. The van der Waals surface area contributed by atoms with Gasteiger partial charge in [0.1, 0.15) is 0 Å². The van der Waals surface area contributed by atoms with Crippen LogP contribution in [0.2, 0.25) is 0 Å². The van der Waals surface area contributed by atoms with Crippen LogP contribution >= 0.6 is 0 Å². The molecule has 0 aromatic rings. The van der Waals surface area contributed by atoms with E-state index in [1.807, 2.05) is 12.2 Å². The predicted octanol–water partition coefficient (Wildman–Crippen LogP) is 10.3. The molecule has 2 unspecified atom stereocenters. The molecule has 0 heterocycles. The fourth-order valence-corrected chi connectivity index (χ4v) is 5.27. The summed E-state index contributed by atoms with van der Waals surface area (Å²) in [5.41, 5.74) is 0. The van der Waals surface area contributed by atoms with Crippen molar-refractivity contribution in [2.24, 2.45) is 11.8 Å². The van der Waals surface area contributed by atoms with Gasteiger partial charge in [-0.3, -0.25) is 0 Å². The van der Waals surface area contributed by atoms with Gasteiger partial charge in [-0.05, 0) is 63.2 Å². The number of allylic oxidation sites excluding steroid dienone is 2. The maximum Gasteiger partial charge on any atom is 0.342 e. The van der Waals surface area contributed by atoms with Crippen molar-refractivity contribution in [3.05, 3.63) is 25.3 Å². The third-order valence-electron chi connectivity index (χ3n) is 8.32. The Kier molecular flexibility index (Phi) is 30.0. The van der Waals surface area contributed by atoms with E-state index >= 15 is 0 Å². The summed E-state index contributed by atoms with van der Waals surface area (Å²) in [6.45, 7) is 12.3. The average Bonchev–Trinajstić information content (AvgIpc) is 3.03. The van der Waals surface area contributed by atoms with Gasteiger partial charge in [-0.25, -0.2) is 9.59 Å².